The van der Waals surface area contributed by atoms with Gasteiger partial charge in [-0.05, 0) is 20.3 Å². The van der Waals surface area contributed by atoms with Crippen LogP contribution in [0.2, 0.25) is 0 Å². The van der Waals surface area contributed by atoms with Crippen LogP contribution in [0.15, 0.2) is 18.6 Å². The lowest BCUT2D eigenvalue weighted by molar-refractivity contribution is 0.0813. The molecule has 0 aromatic carbocycles. The molecule has 22 heavy (non-hydrogen) atoms. The summed E-state index contributed by atoms with van der Waals surface area (Å²) < 4.78 is 9.21. The average molecular weight is 304 g/mol. The van der Waals surface area contributed by atoms with Gasteiger partial charge in [0, 0.05) is 31.5 Å². The second-order valence-corrected chi connectivity index (χ2v) is 5.22. The van der Waals surface area contributed by atoms with Crippen LogP contribution in [-0.4, -0.2) is 43.3 Å². The molecular formula is C14H20N6O2. The summed E-state index contributed by atoms with van der Waals surface area (Å²) in [5.41, 5.74) is 1.46. The lowest BCUT2D eigenvalue weighted by atomic mass is 10.1. The molecule has 1 N–H and O–H groups in total. The highest BCUT2D eigenvalue weighted by molar-refractivity contribution is 5.92. The molecule has 1 saturated heterocycles. The molecule has 8 heteroatoms. The van der Waals surface area contributed by atoms with Crippen molar-refractivity contribution in [1.82, 2.24) is 30.1 Å². The number of hydrogen-bond donors (Lipinski definition) is 1. The predicted molar refractivity (Wildman–Crippen MR) is 78.2 cm³/mol. The molecule has 118 valence electrons. The molecule has 3 rings (SSSR count). The quantitative estimate of drug-likeness (QED) is 0.882. The second-order valence-electron chi connectivity index (χ2n) is 5.22. The Bertz CT molecular complexity index is 649. The van der Waals surface area contributed by atoms with Gasteiger partial charge in [0.25, 0.3) is 5.91 Å². The zero-order valence-electron chi connectivity index (χ0n) is 12.8. The maximum absolute atomic E-state index is 12.4. The van der Waals surface area contributed by atoms with Gasteiger partial charge in [-0.15, -0.1) is 5.10 Å². The van der Waals surface area contributed by atoms with Gasteiger partial charge in [0.1, 0.15) is 11.8 Å². The monoisotopic (exact) mass is 304 g/mol. The zero-order chi connectivity index (χ0) is 15.5. The third-order valence-electron chi connectivity index (χ3n) is 3.86. The summed E-state index contributed by atoms with van der Waals surface area (Å²) in [5, 5.41) is 15.0. The van der Waals surface area contributed by atoms with Crippen molar-refractivity contribution in [3.63, 3.8) is 0 Å². The number of nitrogens with zero attached hydrogens (tertiary/aromatic N) is 5. The van der Waals surface area contributed by atoms with Gasteiger partial charge < -0.3 is 10.1 Å². The Balaban J connectivity index is 1.72. The minimum atomic E-state index is -0.171. The Morgan fingerprint density at radius 1 is 1.41 bits per heavy atom. The number of amides is 1. The highest BCUT2D eigenvalue weighted by atomic mass is 16.5. The molecule has 0 aliphatic carbocycles. The highest BCUT2D eigenvalue weighted by Crippen LogP contribution is 2.29. The average Bonchev–Trinajstić information content (AvgIpc) is 3.26. The predicted octanol–water partition coefficient (Wildman–Crippen LogP) is 0.774. The number of carbonyl (C=O) groups is 1. The maximum atomic E-state index is 12.4. The van der Waals surface area contributed by atoms with Crippen LogP contribution < -0.4 is 5.32 Å². The fourth-order valence-electron chi connectivity index (χ4n) is 2.67. The molecule has 2 atom stereocenters. The summed E-state index contributed by atoms with van der Waals surface area (Å²) >= 11 is 0. The van der Waals surface area contributed by atoms with E-state index in [0.717, 1.165) is 18.5 Å². The molecule has 0 bridgehead atoms. The van der Waals surface area contributed by atoms with Gasteiger partial charge in [0.2, 0.25) is 0 Å². The first-order chi connectivity index (χ1) is 10.7. The third-order valence-corrected chi connectivity index (χ3v) is 3.86. The van der Waals surface area contributed by atoms with E-state index in [-0.39, 0.29) is 18.1 Å². The van der Waals surface area contributed by atoms with Gasteiger partial charge in [0.15, 0.2) is 0 Å². The van der Waals surface area contributed by atoms with E-state index in [9.17, 15) is 4.79 Å². The van der Waals surface area contributed by atoms with E-state index in [4.69, 9.17) is 4.74 Å². The molecule has 1 fully saturated rings. The summed E-state index contributed by atoms with van der Waals surface area (Å²) in [4.78, 5) is 12.4. The minimum Gasteiger partial charge on any atom is -0.371 e. The molecule has 8 nitrogen and oxygen atoms in total. The second kappa shape index (κ2) is 6.27. The van der Waals surface area contributed by atoms with Gasteiger partial charge in [-0.1, -0.05) is 5.21 Å². The zero-order valence-corrected chi connectivity index (χ0v) is 12.8. The number of carbonyl (C=O) groups excluding carboxylic acids is 1. The Hall–Kier alpha value is -2.22. The van der Waals surface area contributed by atoms with Gasteiger partial charge in [-0.25, -0.2) is 4.68 Å². The Morgan fingerprint density at radius 2 is 2.27 bits per heavy atom. The summed E-state index contributed by atoms with van der Waals surface area (Å²) in [6.45, 7) is 6.00. The lowest BCUT2D eigenvalue weighted by Crippen LogP contribution is -2.37. The third kappa shape index (κ3) is 2.74. The van der Waals surface area contributed by atoms with E-state index in [0.29, 0.717) is 18.8 Å². The standard InChI is InChI=1S/C14H20N6O2/c1-3-19-9-10(7-16-19)13-11(5-6-22-13)17-14(21)12-8-15-18-20(12)4-2/h7-9,11,13H,3-6H2,1-2H3,(H,17,21)/t11-,13+/m0/s1. The van der Waals surface area contributed by atoms with Crippen LogP contribution in [0.3, 0.4) is 0 Å². The SMILES string of the molecule is CCn1cc([C@H]2OCC[C@@H]2NC(=O)c2cnnn2CC)cn1. The number of nitrogens with one attached hydrogen (secondary N) is 1. The summed E-state index contributed by atoms with van der Waals surface area (Å²) in [6, 6.07) is -0.0674. The van der Waals surface area contributed by atoms with Crippen molar-refractivity contribution in [2.45, 2.75) is 45.5 Å². The van der Waals surface area contributed by atoms with Crippen LogP contribution in [0.1, 0.15) is 42.4 Å². The van der Waals surface area contributed by atoms with Crippen LogP contribution in [-0.2, 0) is 17.8 Å². The minimum absolute atomic E-state index is 0.0674. The molecule has 0 unspecified atom stereocenters. The van der Waals surface area contributed by atoms with Crippen LogP contribution in [0, 0.1) is 0 Å². The van der Waals surface area contributed by atoms with Gasteiger partial charge in [-0.2, -0.15) is 5.10 Å². The number of hydrogen-bond acceptors (Lipinski definition) is 5. The lowest BCUT2D eigenvalue weighted by Gasteiger charge is -2.18. The summed E-state index contributed by atoms with van der Waals surface area (Å²) in [6.07, 6.45) is 5.87. The van der Waals surface area contributed by atoms with Crippen molar-refractivity contribution >= 4 is 5.91 Å². The molecule has 1 amide bonds. The van der Waals surface area contributed by atoms with Crippen molar-refractivity contribution in [3.8, 4) is 0 Å². The smallest absolute Gasteiger partial charge is 0.271 e. The van der Waals surface area contributed by atoms with Crippen LogP contribution >= 0.6 is 0 Å². The fraction of sp³-hybridized carbons (Fsp3) is 0.571. The van der Waals surface area contributed by atoms with Crippen molar-refractivity contribution in [2.24, 2.45) is 0 Å². The first kappa shape index (κ1) is 14.7. The van der Waals surface area contributed by atoms with Crippen molar-refractivity contribution in [3.05, 3.63) is 29.8 Å². The summed E-state index contributed by atoms with van der Waals surface area (Å²) in [7, 11) is 0. The molecule has 1 aliphatic heterocycles. The van der Waals surface area contributed by atoms with Crippen molar-refractivity contribution in [2.75, 3.05) is 6.61 Å². The molecule has 0 spiro atoms. The van der Waals surface area contributed by atoms with Crippen molar-refractivity contribution in [1.29, 1.82) is 0 Å². The first-order valence-corrected chi connectivity index (χ1v) is 7.56. The van der Waals surface area contributed by atoms with E-state index in [1.165, 1.54) is 6.20 Å². The molecule has 2 aromatic heterocycles. The number of rotatable bonds is 5. The van der Waals surface area contributed by atoms with E-state index >= 15 is 0 Å². The molecule has 3 heterocycles. The molecule has 1 aliphatic rings. The Kier molecular flexibility index (Phi) is 4.19. The topological polar surface area (TPSA) is 86.9 Å². The Labute approximate surface area is 128 Å². The van der Waals surface area contributed by atoms with E-state index in [1.54, 1.807) is 10.9 Å². The van der Waals surface area contributed by atoms with E-state index in [1.807, 2.05) is 24.7 Å². The number of ether oxygens (including phenoxy) is 1. The Morgan fingerprint density at radius 3 is 3.00 bits per heavy atom. The molecular weight excluding hydrogens is 284 g/mol. The number of aromatic nitrogens is 5. The molecule has 0 saturated carbocycles. The molecule has 2 aromatic rings. The maximum Gasteiger partial charge on any atom is 0.271 e. The highest BCUT2D eigenvalue weighted by Gasteiger charge is 2.32. The van der Waals surface area contributed by atoms with Gasteiger partial charge in [-0.3, -0.25) is 9.48 Å². The van der Waals surface area contributed by atoms with E-state index in [2.05, 4.69) is 20.7 Å². The number of aryl methyl sites for hydroxylation is 2. The van der Waals surface area contributed by atoms with E-state index < -0.39 is 0 Å². The van der Waals surface area contributed by atoms with Crippen molar-refractivity contribution < 1.29 is 9.53 Å². The van der Waals surface area contributed by atoms with Crippen LogP contribution in [0.5, 0.6) is 0 Å². The van der Waals surface area contributed by atoms with Crippen LogP contribution in [0.25, 0.3) is 0 Å². The molecule has 0 radical (unpaired) electrons. The normalized spacial score (nSPS) is 21.2. The van der Waals surface area contributed by atoms with Crippen LogP contribution in [0.4, 0.5) is 0 Å². The summed E-state index contributed by atoms with van der Waals surface area (Å²) in [5.74, 6) is -0.171. The first-order valence-electron chi connectivity index (χ1n) is 7.56. The fourth-order valence-corrected chi connectivity index (χ4v) is 2.67. The van der Waals surface area contributed by atoms with Gasteiger partial charge >= 0.3 is 0 Å². The largest absolute Gasteiger partial charge is 0.371 e. The van der Waals surface area contributed by atoms with Gasteiger partial charge in [0.05, 0.1) is 18.4 Å².